The van der Waals surface area contributed by atoms with Gasteiger partial charge in [0.05, 0.1) is 27.7 Å². The van der Waals surface area contributed by atoms with Gasteiger partial charge in [-0.05, 0) is 101 Å². The summed E-state index contributed by atoms with van der Waals surface area (Å²) in [5.41, 5.74) is 13.4. The van der Waals surface area contributed by atoms with Gasteiger partial charge in [0.15, 0.2) is 5.82 Å². The summed E-state index contributed by atoms with van der Waals surface area (Å²) in [4.78, 5) is 23.1. The topological polar surface area (TPSA) is 149 Å². The van der Waals surface area contributed by atoms with Crippen molar-refractivity contribution in [1.82, 2.24) is 25.6 Å². The van der Waals surface area contributed by atoms with E-state index in [1.165, 1.54) is 32.2 Å². The van der Waals surface area contributed by atoms with Gasteiger partial charge in [-0.3, -0.25) is 10.6 Å². The molecule has 12 heteroatoms. The van der Waals surface area contributed by atoms with Crippen LogP contribution in [0.2, 0.25) is 10.0 Å². The van der Waals surface area contributed by atoms with E-state index in [0.29, 0.717) is 39.2 Å². The van der Waals surface area contributed by atoms with E-state index in [9.17, 15) is 10.1 Å². The van der Waals surface area contributed by atoms with E-state index in [-0.39, 0.29) is 40.2 Å². The van der Waals surface area contributed by atoms with Crippen molar-refractivity contribution in [2.24, 2.45) is 28.8 Å². The summed E-state index contributed by atoms with van der Waals surface area (Å²) in [5, 5.41) is 14.8. The van der Waals surface area contributed by atoms with Crippen LogP contribution in [0.1, 0.15) is 87.7 Å². The molecule has 5 heterocycles. The lowest BCUT2D eigenvalue weighted by Crippen LogP contribution is -2.31. The Morgan fingerprint density at radius 2 is 1.98 bits per heavy atom. The van der Waals surface area contributed by atoms with Crippen molar-refractivity contribution in [3.63, 3.8) is 0 Å². The first kappa shape index (κ1) is 36.5. The summed E-state index contributed by atoms with van der Waals surface area (Å²) in [6.45, 7) is 6.08. The summed E-state index contributed by atoms with van der Waals surface area (Å²) in [5.74, 6) is 6.06. The lowest BCUT2D eigenvalue weighted by Gasteiger charge is -2.24. The normalized spacial score (nSPS) is 22.6. The lowest BCUT2D eigenvalue weighted by molar-refractivity contribution is -0.133. The average molecular weight is 746 g/mol. The predicted octanol–water partition coefficient (Wildman–Crippen LogP) is 8.09. The lowest BCUT2D eigenvalue weighted by atomic mass is 9.87. The van der Waals surface area contributed by atoms with E-state index < -0.39 is 5.82 Å². The summed E-state index contributed by atoms with van der Waals surface area (Å²) in [7, 11) is 0. The fourth-order valence-corrected chi connectivity index (χ4v) is 8.20. The maximum Gasteiger partial charge on any atom is 0.226 e. The van der Waals surface area contributed by atoms with Crippen molar-refractivity contribution in [2.45, 2.75) is 90.1 Å². The number of rotatable bonds is 7. The van der Waals surface area contributed by atoms with Crippen molar-refractivity contribution in [2.75, 3.05) is 13.1 Å². The van der Waals surface area contributed by atoms with Gasteiger partial charge in [0.1, 0.15) is 5.52 Å². The minimum Gasteiger partial charge on any atom is -0.400 e. The number of aromatic amines is 1. The molecule has 2 aromatic heterocycles. The minimum absolute atomic E-state index is 0.0117. The number of nitrogens with one attached hydrogen (secondary N) is 3. The molecule has 1 atom stereocenters. The molecule has 10 rings (SSSR count). The molecule has 7 N–H and O–H groups in total. The van der Waals surface area contributed by atoms with Gasteiger partial charge < -0.3 is 26.4 Å². The van der Waals surface area contributed by atoms with Crippen LogP contribution in [0.15, 0.2) is 42.2 Å². The maximum atomic E-state index is 16.3. The third-order valence-corrected chi connectivity index (χ3v) is 12.3. The van der Waals surface area contributed by atoms with Crippen LogP contribution in [0.25, 0.3) is 32.9 Å². The minimum atomic E-state index is -0.484. The van der Waals surface area contributed by atoms with Crippen molar-refractivity contribution >= 4 is 50.9 Å². The number of pyridine rings is 1. The number of likely N-dealkylation sites (tertiary alicyclic amines) is 1. The predicted molar refractivity (Wildman–Crippen MR) is 206 cm³/mol. The first-order chi connectivity index (χ1) is 25.0. The van der Waals surface area contributed by atoms with Crippen LogP contribution in [0.4, 0.5) is 4.39 Å². The van der Waals surface area contributed by atoms with Gasteiger partial charge in [0.2, 0.25) is 5.91 Å². The van der Waals surface area contributed by atoms with Crippen molar-refractivity contribution < 1.29 is 9.18 Å². The molecule has 0 radical (unpaired) electrons. The Bertz CT molecular complexity index is 2060. The number of H-pyrrole nitrogens is 1. The molecule has 0 spiro atoms. The van der Waals surface area contributed by atoms with Gasteiger partial charge in [-0.2, -0.15) is 5.26 Å². The van der Waals surface area contributed by atoms with Crippen LogP contribution in [0.3, 0.4) is 0 Å². The summed E-state index contributed by atoms with van der Waals surface area (Å²) >= 11 is 12.8. The molecule has 3 aliphatic heterocycles. The van der Waals surface area contributed by atoms with Crippen LogP contribution in [-0.2, 0) is 11.2 Å². The number of fused-ring (bicyclic) bond motifs is 4. The number of amides is 1. The number of hydrazine groups is 1. The molecular weight excluding hydrogens is 698 g/mol. The van der Waals surface area contributed by atoms with Crippen molar-refractivity contribution in [3.05, 3.63) is 75.0 Å². The van der Waals surface area contributed by atoms with Gasteiger partial charge in [0, 0.05) is 75.5 Å². The van der Waals surface area contributed by atoms with E-state index in [1.807, 2.05) is 17.9 Å². The molecule has 2 aromatic carbocycles. The zero-order valence-corrected chi connectivity index (χ0v) is 31.3. The standard InChI is InChI=1S/C29H25Cl2FN4O.C6H13N3.C5H9N/c1-15-19-14-22(23-8-4-12-36(23)29(37)16-9-10-16)35-27(19)20-13-17(5-3-11-33)24(26(32)28(20)34-15)18-6-2-7-21(30)25(18)31;1-6(2-3-6)5(7)4-9-8;1-4-2-5(1)6-3-4/h2,6-7,13-14,16,23,35H,3-5,8-10,12H2,1H3;4,9H,2-3,7-8H2,1H3;4-6H,1-3H2/b;5-4-;. The van der Waals surface area contributed by atoms with E-state index in [0.717, 1.165) is 66.5 Å². The molecule has 6 aliphatic rings. The third kappa shape index (κ3) is 7.21. The van der Waals surface area contributed by atoms with Gasteiger partial charge in [-0.15, -0.1) is 0 Å². The first-order valence-electron chi connectivity index (χ1n) is 18.4. The van der Waals surface area contributed by atoms with Crippen LogP contribution in [0.5, 0.6) is 0 Å². The molecule has 1 unspecified atom stereocenters. The van der Waals surface area contributed by atoms with E-state index in [2.05, 4.69) is 39.8 Å². The van der Waals surface area contributed by atoms with Gasteiger partial charge in [-0.25, -0.2) is 9.37 Å². The first-order valence-corrected chi connectivity index (χ1v) is 19.2. The number of allylic oxidation sites excluding steroid dienone is 1. The van der Waals surface area contributed by atoms with Crippen LogP contribution < -0.4 is 22.3 Å². The number of nitrogens with zero attached hydrogens (tertiary/aromatic N) is 3. The molecule has 3 aliphatic carbocycles. The highest BCUT2D eigenvalue weighted by molar-refractivity contribution is 6.43. The number of nitriles is 1. The third-order valence-electron chi connectivity index (χ3n) is 11.5. The number of aryl methyl sites for hydroxylation is 2. The number of nitrogens with two attached hydrogens (primary N) is 2. The Labute approximate surface area is 314 Å². The highest BCUT2D eigenvalue weighted by Crippen LogP contribution is 2.49. The van der Waals surface area contributed by atoms with E-state index in [4.69, 9.17) is 34.8 Å². The molecular formula is C40H47Cl2FN8O. The van der Waals surface area contributed by atoms with E-state index in [1.54, 1.807) is 24.4 Å². The molecule has 274 valence electrons. The zero-order chi connectivity index (χ0) is 36.7. The Kier molecular flexibility index (Phi) is 10.4. The van der Waals surface area contributed by atoms with Crippen LogP contribution in [0, 0.1) is 41.3 Å². The fraction of sp³-hybridized carbons (Fsp3) is 0.475. The van der Waals surface area contributed by atoms with E-state index >= 15 is 4.39 Å². The summed E-state index contributed by atoms with van der Waals surface area (Å²) in [6, 6.07) is 12.2. The average Bonchev–Trinajstić information content (AvgIpc) is 3.77. The zero-order valence-electron chi connectivity index (χ0n) is 29.8. The largest absolute Gasteiger partial charge is 0.400 e. The Hall–Kier alpha value is -3.88. The van der Waals surface area contributed by atoms with Crippen LogP contribution in [-0.4, -0.2) is 39.9 Å². The summed E-state index contributed by atoms with van der Waals surface area (Å²) < 4.78 is 16.3. The highest BCUT2D eigenvalue weighted by Gasteiger charge is 2.40. The molecule has 2 bridgehead atoms. The Morgan fingerprint density at radius 3 is 2.60 bits per heavy atom. The van der Waals surface area contributed by atoms with Gasteiger partial charge >= 0.3 is 0 Å². The smallest absolute Gasteiger partial charge is 0.226 e. The van der Waals surface area contributed by atoms with Crippen molar-refractivity contribution in [1.29, 1.82) is 5.26 Å². The Morgan fingerprint density at radius 1 is 1.21 bits per heavy atom. The fourth-order valence-electron chi connectivity index (χ4n) is 7.81. The molecule has 3 saturated heterocycles. The monoisotopic (exact) mass is 744 g/mol. The van der Waals surface area contributed by atoms with Gasteiger partial charge in [0.25, 0.3) is 0 Å². The number of hydrogen-bond acceptors (Lipinski definition) is 7. The molecule has 3 saturated carbocycles. The second-order valence-electron chi connectivity index (χ2n) is 15.3. The molecule has 1 amide bonds. The second kappa shape index (κ2) is 14.9. The maximum absolute atomic E-state index is 16.3. The van der Waals surface area contributed by atoms with Crippen LogP contribution >= 0.6 is 23.2 Å². The second-order valence-corrected chi connectivity index (χ2v) is 16.1. The number of benzene rings is 2. The molecule has 9 nitrogen and oxygen atoms in total. The quantitative estimate of drug-likeness (QED) is 0.0949. The van der Waals surface area contributed by atoms with Crippen molar-refractivity contribution in [3.8, 4) is 17.2 Å². The molecule has 52 heavy (non-hydrogen) atoms. The Balaban J connectivity index is 0.000000229. The number of hydrogen-bond donors (Lipinski definition) is 5. The highest BCUT2D eigenvalue weighted by atomic mass is 35.5. The molecule has 4 aromatic rings. The SMILES string of the molecule is C1NC2CC1C2.CC1(/C(N)=C/NN)CC1.Cc1nc2c(F)c(-c3cccc(Cl)c3Cl)c(CCC#N)cc2c2[nH]c(C3CCCN3C(=O)C3CC3)cc12. The number of carbonyl (C=O) groups excluding carboxylic acids is 1. The summed E-state index contributed by atoms with van der Waals surface area (Å²) in [6.07, 6.45) is 11.4. The molecule has 6 fully saturated rings. The number of carbonyl (C=O) groups is 1. The number of aromatic nitrogens is 2. The number of halogens is 3. The van der Waals surface area contributed by atoms with Gasteiger partial charge in [-0.1, -0.05) is 42.3 Å².